The van der Waals surface area contributed by atoms with E-state index in [2.05, 4.69) is 51.3 Å². The van der Waals surface area contributed by atoms with E-state index in [9.17, 15) is 19.2 Å². The van der Waals surface area contributed by atoms with Crippen LogP contribution in [-0.4, -0.2) is 87.7 Å². The van der Waals surface area contributed by atoms with Crippen molar-refractivity contribution in [1.82, 2.24) is 15.5 Å². The van der Waals surface area contributed by atoms with Crippen molar-refractivity contribution in [2.24, 2.45) is 52.3 Å². The van der Waals surface area contributed by atoms with Crippen molar-refractivity contribution in [2.75, 3.05) is 40.9 Å². The minimum Gasteiger partial charge on any atom is -0.497 e. The van der Waals surface area contributed by atoms with Crippen LogP contribution >= 0.6 is 0 Å². The summed E-state index contributed by atoms with van der Waals surface area (Å²) in [6.45, 7) is 12.9. The molecule has 5 aliphatic rings. The van der Waals surface area contributed by atoms with Crippen molar-refractivity contribution in [2.45, 2.75) is 161 Å². The van der Waals surface area contributed by atoms with Gasteiger partial charge in [0.25, 0.3) is 0 Å². The van der Waals surface area contributed by atoms with Gasteiger partial charge in [0.15, 0.2) is 5.78 Å². The fraction of sp³-hybridized carbons (Fsp3) is 0.615. The molecule has 1 aliphatic heterocycles. The normalized spacial score (nSPS) is 27.1. The van der Waals surface area contributed by atoms with E-state index < -0.39 is 23.4 Å². The van der Waals surface area contributed by atoms with Crippen molar-refractivity contribution < 1.29 is 42.9 Å². The zero-order valence-electron chi connectivity index (χ0n) is 47.5. The molecule has 10 atom stereocenters. The molecule has 2 N–H and O–H groups in total. The summed E-state index contributed by atoms with van der Waals surface area (Å²) in [7, 11) is 4.68. The van der Waals surface area contributed by atoms with Crippen molar-refractivity contribution in [3.8, 4) is 11.5 Å². The third kappa shape index (κ3) is 12.5. The highest BCUT2D eigenvalue weighted by atomic mass is 16.6. The predicted octanol–water partition coefficient (Wildman–Crippen LogP) is 12.2. The van der Waals surface area contributed by atoms with Crippen LogP contribution in [0.3, 0.4) is 0 Å². The van der Waals surface area contributed by atoms with Crippen LogP contribution < -0.4 is 20.1 Å². The molecule has 3 aromatic carbocycles. The van der Waals surface area contributed by atoms with E-state index in [-0.39, 0.29) is 67.6 Å². The molecule has 0 bridgehead atoms. The molecule has 12 nitrogen and oxygen atoms in total. The second kappa shape index (κ2) is 25.4. The topological polar surface area (TPSA) is 150 Å². The lowest BCUT2D eigenvalue weighted by molar-refractivity contribution is -0.153. The third-order valence-corrected chi connectivity index (χ3v) is 19.6. The van der Waals surface area contributed by atoms with Gasteiger partial charge < -0.3 is 34.5 Å². The number of likely N-dealkylation sites (tertiary alicyclic amines) is 1. The number of alkyl carbamates (subject to hydrolysis) is 1. The Morgan fingerprint density at radius 1 is 0.714 bits per heavy atom. The Balaban J connectivity index is 0.861. The fourth-order valence-electron chi connectivity index (χ4n) is 15.4. The highest BCUT2D eigenvalue weighted by Gasteiger charge is 2.59. The maximum atomic E-state index is 15.9. The first-order chi connectivity index (χ1) is 37.0. The van der Waals surface area contributed by atoms with Gasteiger partial charge in [0, 0.05) is 39.4 Å². The van der Waals surface area contributed by atoms with Gasteiger partial charge in [-0.25, -0.2) is 4.79 Å². The van der Waals surface area contributed by atoms with E-state index in [1.165, 1.54) is 64.0 Å². The van der Waals surface area contributed by atoms with Crippen LogP contribution in [0.25, 0.3) is 0 Å². The molecule has 3 saturated carbocycles. The van der Waals surface area contributed by atoms with E-state index in [0.717, 1.165) is 48.9 Å². The molecule has 12 heteroatoms. The van der Waals surface area contributed by atoms with E-state index in [4.69, 9.17) is 18.9 Å². The number of allylic oxidation sites excluding steroid dienone is 1. The standard InChI is InChI=1S/C65H89N3O9/c1-43(2)16-15-17-44(3)54-31-32-55-52-30-25-48-40-51(35-37-63(48,4)56(52)36-38-64(54,55)5)76-62(73)67-39-14-10-13-20-59(70)68-41-53(57(42-68)77-60(71)34-33-58(69)66-6)61(72)65(45-18-11-9-12-19-45,46-21-26-49(74-7)27-22-46)47-23-28-50(75-8)29-24-47/h9,11-12,18-19,21-29,43-44,51-57H,10,13-17,20,30-42H2,1-8H3,(H,66,69)(H,67,73)/t44?,51?,52?,53?,54-,55?,56?,57?,63+,64-/m1/s1. The summed E-state index contributed by atoms with van der Waals surface area (Å²) in [4.78, 5) is 70.4. The van der Waals surface area contributed by atoms with E-state index in [1.54, 1.807) is 19.1 Å². The van der Waals surface area contributed by atoms with E-state index >= 15 is 4.79 Å². The molecule has 4 aliphatic carbocycles. The number of methoxy groups -OCH3 is 2. The number of rotatable bonds is 23. The lowest BCUT2D eigenvalue weighted by Gasteiger charge is -2.58. The first-order valence-electron chi connectivity index (χ1n) is 29.3. The van der Waals surface area contributed by atoms with Gasteiger partial charge in [0.1, 0.15) is 29.1 Å². The minimum absolute atomic E-state index is 0.0292. The second-order valence-corrected chi connectivity index (χ2v) is 24.3. The molecule has 3 amide bonds. The van der Waals surface area contributed by atoms with Crippen LogP contribution in [0.1, 0.15) is 160 Å². The Morgan fingerprint density at radius 3 is 2.04 bits per heavy atom. The van der Waals surface area contributed by atoms with Crippen molar-refractivity contribution >= 4 is 29.7 Å². The number of hydrogen-bond acceptors (Lipinski definition) is 9. The summed E-state index contributed by atoms with van der Waals surface area (Å²) in [6, 6.07) is 24.3. The third-order valence-electron chi connectivity index (χ3n) is 19.6. The van der Waals surface area contributed by atoms with Gasteiger partial charge in [0.05, 0.1) is 33.1 Å². The van der Waals surface area contributed by atoms with Gasteiger partial charge in [-0.2, -0.15) is 0 Å². The van der Waals surface area contributed by atoms with Gasteiger partial charge >= 0.3 is 12.1 Å². The smallest absolute Gasteiger partial charge is 0.407 e. The molecular formula is C65H89N3O9. The van der Waals surface area contributed by atoms with Crippen LogP contribution in [0.15, 0.2) is 90.5 Å². The lowest BCUT2D eigenvalue weighted by Crippen LogP contribution is -2.51. The maximum absolute atomic E-state index is 15.9. The van der Waals surface area contributed by atoms with Crippen LogP contribution in [0, 0.1) is 52.3 Å². The first kappa shape index (κ1) is 57.5. The number of carbonyl (C=O) groups is 5. The quantitative estimate of drug-likeness (QED) is 0.0409. The number of carbonyl (C=O) groups excluding carboxylic acids is 5. The largest absolute Gasteiger partial charge is 0.497 e. The zero-order valence-corrected chi connectivity index (χ0v) is 47.5. The summed E-state index contributed by atoms with van der Waals surface area (Å²) in [5.74, 6) is 3.73. The van der Waals surface area contributed by atoms with Crippen LogP contribution in [0.4, 0.5) is 4.79 Å². The summed E-state index contributed by atoms with van der Waals surface area (Å²) in [6.07, 6.45) is 16.5. The summed E-state index contributed by atoms with van der Waals surface area (Å²) in [5, 5.41) is 5.53. The van der Waals surface area contributed by atoms with Crippen LogP contribution in [0.2, 0.25) is 0 Å². The Morgan fingerprint density at radius 2 is 1.39 bits per heavy atom. The number of unbranched alkanes of at least 4 members (excludes halogenated alkanes) is 2. The van der Waals surface area contributed by atoms with Gasteiger partial charge in [-0.1, -0.05) is 127 Å². The number of Topliss-reactive ketones (excluding diaryl/α,β-unsaturated/α-hetero) is 1. The van der Waals surface area contributed by atoms with Gasteiger partial charge in [0.2, 0.25) is 11.8 Å². The van der Waals surface area contributed by atoms with Crippen molar-refractivity contribution in [3.63, 3.8) is 0 Å². The average molecular weight is 1060 g/mol. The zero-order chi connectivity index (χ0) is 54.9. The molecule has 3 aromatic rings. The van der Waals surface area contributed by atoms with Gasteiger partial charge in [-0.05, 0) is 145 Å². The number of ketones is 1. The van der Waals surface area contributed by atoms with E-state index in [0.29, 0.717) is 65.3 Å². The number of hydrogen-bond donors (Lipinski definition) is 2. The van der Waals surface area contributed by atoms with E-state index in [1.807, 2.05) is 78.9 Å². The summed E-state index contributed by atoms with van der Waals surface area (Å²) >= 11 is 0. The number of fused-ring (bicyclic) bond motifs is 5. The highest BCUT2D eigenvalue weighted by Crippen LogP contribution is 2.67. The number of nitrogens with one attached hydrogen (secondary N) is 2. The van der Waals surface area contributed by atoms with Gasteiger partial charge in [-0.15, -0.1) is 0 Å². The molecule has 77 heavy (non-hydrogen) atoms. The van der Waals surface area contributed by atoms with Gasteiger partial charge in [-0.3, -0.25) is 19.2 Å². The van der Waals surface area contributed by atoms with Crippen molar-refractivity contribution in [3.05, 3.63) is 107 Å². The molecular weight excluding hydrogens is 967 g/mol. The number of esters is 1. The summed E-state index contributed by atoms with van der Waals surface area (Å²) in [5.41, 5.74) is 2.81. The molecule has 0 spiro atoms. The van der Waals surface area contributed by atoms with Crippen molar-refractivity contribution in [1.29, 1.82) is 0 Å². The Hall–Kier alpha value is -5.65. The average Bonchev–Trinajstić information content (AvgIpc) is 4.11. The predicted molar refractivity (Wildman–Crippen MR) is 300 cm³/mol. The molecule has 4 fully saturated rings. The summed E-state index contributed by atoms with van der Waals surface area (Å²) < 4.78 is 23.2. The highest BCUT2D eigenvalue weighted by molar-refractivity contribution is 6.00. The molecule has 0 radical (unpaired) electrons. The SMILES string of the molecule is CNC(=O)CCC(=O)OC1CN(C(=O)CCCCCNC(=O)OC2CC[C@@]3(C)C(=CCC4C3CC[C@@]3(C)C4CC[C@@H]3C(C)CCCC(C)C)C2)CC1C(=O)C(c1ccccc1)(c1ccc(OC)cc1)c1ccc(OC)cc1. The Kier molecular flexibility index (Phi) is 19.0. The molecule has 1 saturated heterocycles. The number of nitrogens with zero attached hydrogens (tertiary/aromatic N) is 1. The number of benzene rings is 3. The number of amides is 3. The molecule has 7 unspecified atom stereocenters. The maximum Gasteiger partial charge on any atom is 0.407 e. The Labute approximate surface area is 459 Å². The minimum atomic E-state index is -1.40. The molecule has 1 heterocycles. The molecule has 8 rings (SSSR count). The lowest BCUT2D eigenvalue weighted by atomic mass is 9.47. The number of ether oxygens (including phenoxy) is 4. The Bertz CT molecular complexity index is 2480. The van der Waals surface area contributed by atoms with Crippen LogP contribution in [-0.2, 0) is 34.1 Å². The second-order valence-electron chi connectivity index (χ2n) is 24.3. The fourth-order valence-corrected chi connectivity index (χ4v) is 15.4. The van der Waals surface area contributed by atoms with Crippen LogP contribution in [0.5, 0.6) is 11.5 Å². The molecule has 418 valence electrons. The molecule has 0 aromatic heterocycles. The first-order valence-corrected chi connectivity index (χ1v) is 29.3. The monoisotopic (exact) mass is 1060 g/mol.